The fraction of sp³-hybridized carbons (Fsp3) is 0.737. The molecule has 0 spiro atoms. The van der Waals surface area contributed by atoms with E-state index >= 15 is 0 Å². The van der Waals surface area contributed by atoms with E-state index in [0.717, 1.165) is 4.90 Å². The second-order valence-electron chi connectivity index (χ2n) is 5.85. The van der Waals surface area contributed by atoms with Crippen LogP contribution >= 0.6 is 0 Å². The topological polar surface area (TPSA) is 119 Å². The highest BCUT2D eigenvalue weighted by molar-refractivity contribution is 6.12. The summed E-state index contributed by atoms with van der Waals surface area (Å²) in [4.78, 5) is 34.6. The lowest BCUT2D eigenvalue weighted by Crippen LogP contribution is -2.33. The Morgan fingerprint density at radius 2 is 1.03 bits per heavy atom. The average Bonchev–Trinajstić information content (AvgIpc) is 3.07. The van der Waals surface area contributed by atoms with E-state index in [2.05, 4.69) is 4.74 Å². The van der Waals surface area contributed by atoms with Crippen molar-refractivity contribution in [3.05, 3.63) is 12.2 Å². The molecule has 0 bridgehead atoms. The van der Waals surface area contributed by atoms with Gasteiger partial charge in [-0.25, -0.2) is 4.79 Å². The number of imide groups is 1. The number of ether oxygens (including phenoxy) is 7. The smallest absolute Gasteiger partial charge is 0.331 e. The molecule has 1 aliphatic heterocycles. The first-order valence-electron chi connectivity index (χ1n) is 9.72. The Morgan fingerprint density at radius 1 is 0.667 bits per heavy atom. The lowest BCUT2D eigenvalue weighted by molar-refractivity contribution is -0.146. The molecule has 0 fully saturated rings. The molecule has 0 saturated carbocycles. The quantitative estimate of drug-likeness (QED) is 0.137. The fourth-order valence-corrected chi connectivity index (χ4v) is 2.12. The summed E-state index contributed by atoms with van der Waals surface area (Å²) in [5.74, 6) is -1.04. The number of hydrogen-bond donors (Lipinski definition) is 0. The first-order chi connectivity index (χ1) is 14.6. The van der Waals surface area contributed by atoms with Crippen LogP contribution in [0.4, 0.5) is 0 Å². The second-order valence-corrected chi connectivity index (χ2v) is 5.85. The van der Waals surface area contributed by atoms with Gasteiger partial charge >= 0.3 is 5.97 Å². The third kappa shape index (κ3) is 13.4. The molecule has 0 N–H and O–H groups in total. The van der Waals surface area contributed by atoms with Crippen molar-refractivity contribution in [2.24, 2.45) is 0 Å². The molecule has 0 aromatic carbocycles. The fourth-order valence-electron chi connectivity index (χ4n) is 2.12. The Kier molecular flexibility index (Phi) is 15.6. The van der Waals surface area contributed by atoms with Crippen LogP contribution < -0.4 is 0 Å². The third-order valence-electron chi connectivity index (χ3n) is 3.67. The van der Waals surface area contributed by atoms with Gasteiger partial charge < -0.3 is 33.2 Å². The van der Waals surface area contributed by atoms with Crippen LogP contribution in [0.25, 0.3) is 0 Å². The van der Waals surface area contributed by atoms with Crippen molar-refractivity contribution in [2.45, 2.75) is 0 Å². The van der Waals surface area contributed by atoms with Crippen LogP contribution in [-0.2, 0) is 47.5 Å². The molecule has 0 unspecified atom stereocenters. The van der Waals surface area contributed by atoms with Crippen molar-refractivity contribution in [2.75, 3.05) is 92.9 Å². The van der Waals surface area contributed by atoms with Gasteiger partial charge in [0.1, 0.15) is 6.61 Å². The minimum Gasteiger partial charge on any atom is -0.467 e. The van der Waals surface area contributed by atoms with Gasteiger partial charge in [-0.15, -0.1) is 0 Å². The molecule has 30 heavy (non-hydrogen) atoms. The Balaban J connectivity index is 1.70. The summed E-state index contributed by atoms with van der Waals surface area (Å²) in [6, 6.07) is 0. The van der Waals surface area contributed by atoms with Crippen molar-refractivity contribution < 1.29 is 47.5 Å². The van der Waals surface area contributed by atoms with Gasteiger partial charge in [0, 0.05) is 12.2 Å². The number of carbonyl (C=O) groups is 3. The number of methoxy groups -OCH3 is 1. The number of carbonyl (C=O) groups excluding carboxylic acids is 3. The van der Waals surface area contributed by atoms with Crippen molar-refractivity contribution in [3.63, 3.8) is 0 Å². The van der Waals surface area contributed by atoms with E-state index in [-0.39, 0.29) is 31.6 Å². The van der Waals surface area contributed by atoms with Gasteiger partial charge in [0.2, 0.25) is 0 Å². The van der Waals surface area contributed by atoms with Crippen molar-refractivity contribution in [3.8, 4) is 0 Å². The zero-order valence-electron chi connectivity index (χ0n) is 17.4. The van der Waals surface area contributed by atoms with Gasteiger partial charge in [0.15, 0.2) is 0 Å². The number of hydrogen-bond acceptors (Lipinski definition) is 10. The Morgan fingerprint density at radius 3 is 1.43 bits per heavy atom. The molecule has 0 saturated heterocycles. The average molecular weight is 433 g/mol. The number of amides is 2. The molecule has 2 amide bonds. The lowest BCUT2D eigenvalue weighted by atomic mass is 10.5. The van der Waals surface area contributed by atoms with E-state index in [4.69, 9.17) is 28.4 Å². The summed E-state index contributed by atoms with van der Waals surface area (Å²) in [6.07, 6.45) is 2.50. The molecule has 1 heterocycles. The summed E-state index contributed by atoms with van der Waals surface area (Å²) in [5.41, 5.74) is 0. The van der Waals surface area contributed by atoms with E-state index in [1.54, 1.807) is 0 Å². The van der Waals surface area contributed by atoms with Gasteiger partial charge in [-0.05, 0) is 0 Å². The van der Waals surface area contributed by atoms with Gasteiger partial charge in [-0.1, -0.05) is 0 Å². The van der Waals surface area contributed by atoms with E-state index in [1.165, 1.54) is 19.3 Å². The molecular formula is C19H31NO10. The number of rotatable bonds is 20. The molecule has 0 aromatic heterocycles. The standard InChI is InChI=1S/C19H31NO10/c1-24-19(23)16-30-15-14-29-13-12-28-11-10-27-9-8-26-7-6-25-5-4-20-17(21)2-3-18(20)22/h2-3H,4-16H2,1H3. The lowest BCUT2D eigenvalue weighted by Gasteiger charge is -2.13. The predicted octanol–water partition coefficient (Wildman–Crippen LogP) is -0.816. The molecular weight excluding hydrogens is 402 g/mol. The molecule has 0 atom stereocenters. The maximum atomic E-state index is 11.3. The minimum absolute atomic E-state index is 0.0780. The highest BCUT2D eigenvalue weighted by atomic mass is 16.6. The number of nitrogens with zero attached hydrogens (tertiary/aromatic N) is 1. The monoisotopic (exact) mass is 433 g/mol. The molecule has 11 nitrogen and oxygen atoms in total. The molecule has 0 radical (unpaired) electrons. The zero-order chi connectivity index (χ0) is 21.9. The van der Waals surface area contributed by atoms with Crippen LogP contribution in [0.2, 0.25) is 0 Å². The van der Waals surface area contributed by atoms with Crippen molar-refractivity contribution in [1.82, 2.24) is 4.90 Å². The van der Waals surface area contributed by atoms with Crippen LogP contribution in [-0.4, -0.2) is 116 Å². The van der Waals surface area contributed by atoms with Crippen LogP contribution in [0.1, 0.15) is 0 Å². The van der Waals surface area contributed by atoms with E-state index in [0.29, 0.717) is 66.1 Å². The second kappa shape index (κ2) is 17.9. The zero-order valence-corrected chi connectivity index (χ0v) is 17.4. The maximum absolute atomic E-state index is 11.3. The first-order valence-corrected chi connectivity index (χ1v) is 9.72. The Hall–Kier alpha value is -1.89. The molecule has 11 heteroatoms. The molecule has 0 aromatic rings. The molecule has 0 aliphatic carbocycles. The van der Waals surface area contributed by atoms with E-state index in [9.17, 15) is 14.4 Å². The summed E-state index contributed by atoms with van der Waals surface area (Å²) >= 11 is 0. The molecule has 172 valence electrons. The van der Waals surface area contributed by atoms with Crippen LogP contribution in [0.3, 0.4) is 0 Å². The highest BCUT2D eigenvalue weighted by Crippen LogP contribution is 2.02. The van der Waals surface area contributed by atoms with Crippen molar-refractivity contribution in [1.29, 1.82) is 0 Å². The predicted molar refractivity (Wildman–Crippen MR) is 103 cm³/mol. The van der Waals surface area contributed by atoms with Crippen LogP contribution in [0.15, 0.2) is 12.2 Å². The molecule has 1 aliphatic rings. The Labute approximate surface area is 176 Å². The normalized spacial score (nSPS) is 13.4. The van der Waals surface area contributed by atoms with Crippen molar-refractivity contribution >= 4 is 17.8 Å². The summed E-state index contributed by atoms with van der Waals surface area (Å²) in [6.45, 7) is 4.57. The summed E-state index contributed by atoms with van der Waals surface area (Å²) < 4.78 is 36.1. The Bertz CT molecular complexity index is 507. The van der Waals surface area contributed by atoms with Gasteiger partial charge in [-0.3, -0.25) is 14.5 Å². The third-order valence-corrected chi connectivity index (χ3v) is 3.67. The SMILES string of the molecule is COC(=O)COCCOCCOCCOCCOCCOCCN1C(=O)C=CC1=O. The van der Waals surface area contributed by atoms with E-state index < -0.39 is 5.97 Å². The number of esters is 1. The maximum Gasteiger partial charge on any atom is 0.331 e. The van der Waals surface area contributed by atoms with Crippen LogP contribution in [0.5, 0.6) is 0 Å². The summed E-state index contributed by atoms with van der Waals surface area (Å²) in [5, 5.41) is 0. The highest BCUT2D eigenvalue weighted by Gasteiger charge is 2.22. The van der Waals surface area contributed by atoms with Gasteiger partial charge in [-0.2, -0.15) is 0 Å². The largest absolute Gasteiger partial charge is 0.467 e. The first kappa shape index (κ1) is 26.1. The summed E-state index contributed by atoms with van der Waals surface area (Å²) in [7, 11) is 1.30. The van der Waals surface area contributed by atoms with E-state index in [1.807, 2.05) is 0 Å². The van der Waals surface area contributed by atoms with Gasteiger partial charge in [0.25, 0.3) is 11.8 Å². The van der Waals surface area contributed by atoms with Crippen LogP contribution in [0, 0.1) is 0 Å². The minimum atomic E-state index is -0.416. The molecule has 1 rings (SSSR count). The van der Waals surface area contributed by atoms with Gasteiger partial charge in [0.05, 0.1) is 86.3 Å².